The molecule has 0 amide bonds. The number of ketones is 1. The Kier molecular flexibility index (Phi) is 3.56. The minimum atomic E-state index is -0.281. The number of aromatic nitrogens is 3. The van der Waals surface area contributed by atoms with Gasteiger partial charge in [0, 0.05) is 19.5 Å². The van der Waals surface area contributed by atoms with E-state index in [1.165, 1.54) is 12.1 Å². The highest BCUT2D eigenvalue weighted by Crippen LogP contribution is 2.10. The van der Waals surface area contributed by atoms with E-state index in [-0.39, 0.29) is 11.6 Å². The zero-order valence-corrected chi connectivity index (χ0v) is 11.0. The summed E-state index contributed by atoms with van der Waals surface area (Å²) < 4.78 is 14.8. The Morgan fingerprint density at radius 1 is 1.25 bits per heavy atom. The standard InChI is InChI=1S/C14H15FN4O/c15-12-3-1-11(2-4-12)7-13(20)8-18-5-6-19-10-16-17-14(19)9-18/h1-4,10H,5-9H2. The highest BCUT2D eigenvalue weighted by atomic mass is 19.1. The van der Waals surface area contributed by atoms with E-state index in [1.54, 1.807) is 18.5 Å². The van der Waals surface area contributed by atoms with Gasteiger partial charge in [0.05, 0.1) is 13.1 Å². The Hall–Kier alpha value is -2.08. The van der Waals surface area contributed by atoms with E-state index in [2.05, 4.69) is 15.1 Å². The molecule has 1 aromatic heterocycles. The average Bonchev–Trinajstić information content (AvgIpc) is 2.89. The first-order chi connectivity index (χ1) is 9.70. The normalized spacial score (nSPS) is 15.1. The van der Waals surface area contributed by atoms with Crippen LogP contribution in [0.3, 0.4) is 0 Å². The van der Waals surface area contributed by atoms with Gasteiger partial charge in [0.25, 0.3) is 0 Å². The fourth-order valence-electron chi connectivity index (χ4n) is 2.39. The zero-order valence-electron chi connectivity index (χ0n) is 11.0. The van der Waals surface area contributed by atoms with Gasteiger partial charge < -0.3 is 4.57 Å². The van der Waals surface area contributed by atoms with Crippen LogP contribution in [-0.4, -0.2) is 38.5 Å². The Morgan fingerprint density at radius 3 is 2.85 bits per heavy atom. The Bertz CT molecular complexity index is 608. The topological polar surface area (TPSA) is 51.0 Å². The molecule has 1 aliphatic heterocycles. The Labute approximate surface area is 116 Å². The number of fused-ring (bicyclic) bond motifs is 1. The summed E-state index contributed by atoms with van der Waals surface area (Å²) in [4.78, 5) is 14.1. The van der Waals surface area contributed by atoms with E-state index >= 15 is 0 Å². The molecule has 0 N–H and O–H groups in total. The van der Waals surface area contributed by atoms with Crippen LogP contribution < -0.4 is 0 Å². The van der Waals surface area contributed by atoms with E-state index in [0.29, 0.717) is 19.5 Å². The van der Waals surface area contributed by atoms with Crippen molar-refractivity contribution in [1.82, 2.24) is 19.7 Å². The van der Waals surface area contributed by atoms with Gasteiger partial charge in [-0.3, -0.25) is 9.69 Å². The molecule has 6 heteroatoms. The molecule has 0 bridgehead atoms. The second-order valence-corrected chi connectivity index (χ2v) is 4.99. The summed E-state index contributed by atoms with van der Waals surface area (Å²) in [5.74, 6) is 0.743. The van der Waals surface area contributed by atoms with Crippen molar-refractivity contribution in [3.8, 4) is 0 Å². The van der Waals surface area contributed by atoms with Crippen molar-refractivity contribution >= 4 is 5.78 Å². The van der Waals surface area contributed by atoms with Crippen molar-refractivity contribution in [2.75, 3.05) is 13.1 Å². The highest BCUT2D eigenvalue weighted by Gasteiger charge is 2.19. The van der Waals surface area contributed by atoms with Gasteiger partial charge >= 0.3 is 0 Å². The van der Waals surface area contributed by atoms with Crippen molar-refractivity contribution in [2.45, 2.75) is 19.5 Å². The molecule has 3 rings (SSSR count). The van der Waals surface area contributed by atoms with Crippen molar-refractivity contribution < 1.29 is 9.18 Å². The second-order valence-electron chi connectivity index (χ2n) is 4.99. The summed E-state index contributed by atoms with van der Waals surface area (Å²) in [5.41, 5.74) is 0.844. The third-order valence-corrected chi connectivity index (χ3v) is 3.43. The third kappa shape index (κ3) is 2.91. The van der Waals surface area contributed by atoms with E-state index in [1.807, 2.05) is 4.57 Å². The van der Waals surface area contributed by atoms with Gasteiger partial charge in [0.2, 0.25) is 0 Å². The highest BCUT2D eigenvalue weighted by molar-refractivity contribution is 5.82. The first-order valence-electron chi connectivity index (χ1n) is 6.56. The van der Waals surface area contributed by atoms with Crippen LogP contribution in [0.4, 0.5) is 4.39 Å². The Balaban J connectivity index is 1.56. The molecular weight excluding hydrogens is 259 g/mol. The molecule has 1 aromatic carbocycles. The summed E-state index contributed by atoms with van der Waals surface area (Å²) in [7, 11) is 0. The molecular formula is C14H15FN4O. The van der Waals surface area contributed by atoms with Gasteiger partial charge in [-0.2, -0.15) is 0 Å². The molecule has 2 heterocycles. The van der Waals surface area contributed by atoms with Gasteiger partial charge in [0.15, 0.2) is 5.78 Å². The van der Waals surface area contributed by atoms with Gasteiger partial charge in [-0.15, -0.1) is 10.2 Å². The number of hydrogen-bond acceptors (Lipinski definition) is 4. The van der Waals surface area contributed by atoms with Gasteiger partial charge in [-0.1, -0.05) is 12.1 Å². The molecule has 0 saturated heterocycles. The second kappa shape index (κ2) is 5.50. The molecule has 1 aliphatic rings. The van der Waals surface area contributed by atoms with Crippen molar-refractivity contribution in [3.05, 3.63) is 47.8 Å². The van der Waals surface area contributed by atoms with Crippen LogP contribution in [0.15, 0.2) is 30.6 Å². The van der Waals surface area contributed by atoms with Crippen LogP contribution in [0.1, 0.15) is 11.4 Å². The monoisotopic (exact) mass is 274 g/mol. The molecule has 0 aliphatic carbocycles. The van der Waals surface area contributed by atoms with Crippen LogP contribution in [0.25, 0.3) is 0 Å². The maximum atomic E-state index is 12.8. The minimum Gasteiger partial charge on any atom is -0.315 e. The maximum absolute atomic E-state index is 12.8. The predicted molar refractivity (Wildman–Crippen MR) is 70.4 cm³/mol. The van der Waals surface area contributed by atoms with E-state index in [9.17, 15) is 9.18 Å². The summed E-state index contributed by atoms with van der Waals surface area (Å²) in [6.45, 7) is 2.67. The number of benzene rings is 1. The molecule has 0 radical (unpaired) electrons. The summed E-state index contributed by atoms with van der Waals surface area (Å²) in [5, 5.41) is 7.89. The lowest BCUT2D eigenvalue weighted by atomic mass is 10.1. The number of Topliss-reactive ketones (excluding diaryl/α,β-unsaturated/α-hetero) is 1. The number of halogens is 1. The minimum absolute atomic E-state index is 0.129. The van der Waals surface area contributed by atoms with E-state index in [4.69, 9.17) is 0 Å². The van der Waals surface area contributed by atoms with Crippen LogP contribution in [0.2, 0.25) is 0 Å². The fraction of sp³-hybridized carbons (Fsp3) is 0.357. The summed E-state index contributed by atoms with van der Waals surface area (Å²) in [6, 6.07) is 6.07. The summed E-state index contributed by atoms with van der Waals surface area (Å²) in [6.07, 6.45) is 2.05. The van der Waals surface area contributed by atoms with Crippen molar-refractivity contribution in [1.29, 1.82) is 0 Å². The quantitative estimate of drug-likeness (QED) is 0.836. The fourth-order valence-corrected chi connectivity index (χ4v) is 2.39. The van der Waals surface area contributed by atoms with Crippen molar-refractivity contribution in [3.63, 3.8) is 0 Å². The molecule has 2 aromatic rings. The predicted octanol–water partition coefficient (Wildman–Crippen LogP) is 1.04. The maximum Gasteiger partial charge on any atom is 0.151 e. The zero-order chi connectivity index (χ0) is 13.9. The summed E-state index contributed by atoms with van der Waals surface area (Å²) >= 11 is 0. The lowest BCUT2D eigenvalue weighted by Crippen LogP contribution is -2.37. The first kappa shape index (κ1) is 12.9. The number of carbonyl (C=O) groups excluding carboxylic acids is 1. The molecule has 0 saturated carbocycles. The smallest absolute Gasteiger partial charge is 0.151 e. The van der Waals surface area contributed by atoms with Gasteiger partial charge in [0.1, 0.15) is 18.0 Å². The number of hydrogen-bond donors (Lipinski definition) is 0. The van der Waals surface area contributed by atoms with Crippen molar-refractivity contribution in [2.24, 2.45) is 0 Å². The SMILES string of the molecule is O=C(Cc1ccc(F)cc1)CN1CCn2cnnc2C1. The molecule has 0 fully saturated rings. The van der Waals surface area contributed by atoms with Crippen LogP contribution in [0.5, 0.6) is 0 Å². The molecule has 0 atom stereocenters. The first-order valence-corrected chi connectivity index (χ1v) is 6.56. The van der Waals surface area contributed by atoms with E-state index < -0.39 is 0 Å². The van der Waals surface area contributed by atoms with E-state index in [0.717, 1.165) is 24.5 Å². The third-order valence-electron chi connectivity index (χ3n) is 3.43. The average molecular weight is 274 g/mol. The molecule has 104 valence electrons. The number of rotatable bonds is 4. The molecule has 0 spiro atoms. The number of nitrogens with zero attached hydrogens (tertiary/aromatic N) is 4. The van der Waals surface area contributed by atoms with Crippen LogP contribution >= 0.6 is 0 Å². The van der Waals surface area contributed by atoms with Gasteiger partial charge in [-0.05, 0) is 17.7 Å². The molecule has 20 heavy (non-hydrogen) atoms. The van der Waals surface area contributed by atoms with Crippen LogP contribution in [-0.2, 0) is 24.3 Å². The number of carbonyl (C=O) groups is 1. The molecule has 5 nitrogen and oxygen atoms in total. The largest absolute Gasteiger partial charge is 0.315 e. The van der Waals surface area contributed by atoms with Crippen LogP contribution in [0, 0.1) is 5.82 Å². The Morgan fingerprint density at radius 2 is 2.05 bits per heavy atom. The molecule has 0 unspecified atom stereocenters. The lowest BCUT2D eigenvalue weighted by molar-refractivity contribution is -0.119. The van der Waals surface area contributed by atoms with Gasteiger partial charge in [-0.25, -0.2) is 4.39 Å². The lowest BCUT2D eigenvalue weighted by Gasteiger charge is -2.26.